The van der Waals surface area contributed by atoms with E-state index in [0.29, 0.717) is 0 Å². The zero-order valence-corrected chi connectivity index (χ0v) is 12.0. The van der Waals surface area contributed by atoms with Gasteiger partial charge in [-0.15, -0.1) is 0 Å². The van der Waals surface area contributed by atoms with Gasteiger partial charge in [0.15, 0.2) is 0 Å². The molecule has 4 nitrogen and oxygen atoms in total. The number of urea groups is 1. The molecule has 0 radical (unpaired) electrons. The fraction of sp³-hybridized carbons (Fsp3) is 0.588. The van der Waals surface area contributed by atoms with E-state index in [2.05, 4.69) is 5.32 Å². The van der Waals surface area contributed by atoms with Gasteiger partial charge in [-0.2, -0.15) is 5.06 Å². The lowest BCUT2D eigenvalue weighted by molar-refractivity contribution is 0.142. The third kappa shape index (κ3) is 1.81. The minimum absolute atomic E-state index is 0.0502. The van der Waals surface area contributed by atoms with Crippen molar-refractivity contribution in [2.75, 3.05) is 0 Å². The zero-order chi connectivity index (χ0) is 14.0. The molecule has 5 aliphatic rings. The van der Waals surface area contributed by atoms with Crippen molar-refractivity contribution in [1.82, 2.24) is 10.4 Å². The molecule has 4 saturated carbocycles. The van der Waals surface area contributed by atoms with E-state index >= 15 is 0 Å². The first-order valence-electron chi connectivity index (χ1n) is 8.06. The van der Waals surface area contributed by atoms with Crippen LogP contribution in [0.25, 0.3) is 0 Å². The molecule has 0 aromatic heterocycles. The fourth-order valence-corrected chi connectivity index (χ4v) is 5.29. The van der Waals surface area contributed by atoms with Crippen molar-refractivity contribution in [1.29, 1.82) is 0 Å². The molecule has 21 heavy (non-hydrogen) atoms. The summed E-state index contributed by atoms with van der Waals surface area (Å²) >= 11 is 0. The summed E-state index contributed by atoms with van der Waals surface area (Å²) in [5, 5.41) is 4.79. The van der Waals surface area contributed by atoms with Crippen molar-refractivity contribution >= 4 is 6.03 Å². The molecule has 1 N–H and O–H groups in total. The van der Waals surface area contributed by atoms with E-state index in [0.717, 1.165) is 23.3 Å². The Morgan fingerprint density at radius 2 is 1.86 bits per heavy atom. The van der Waals surface area contributed by atoms with E-state index in [9.17, 15) is 4.79 Å². The molecule has 2 amide bonds. The van der Waals surface area contributed by atoms with Crippen LogP contribution < -0.4 is 5.32 Å². The highest BCUT2D eigenvalue weighted by Crippen LogP contribution is 2.60. The maximum Gasteiger partial charge on any atom is 0.344 e. The third-order valence-corrected chi connectivity index (χ3v) is 5.96. The summed E-state index contributed by atoms with van der Waals surface area (Å²) in [5.41, 5.74) is 1.11. The summed E-state index contributed by atoms with van der Waals surface area (Å²) in [5.74, 6) is 2.58. The number of benzene rings is 1. The predicted molar refractivity (Wildman–Crippen MR) is 76.9 cm³/mol. The fourth-order valence-electron chi connectivity index (χ4n) is 5.29. The molecular formula is C17H20N2O2. The Morgan fingerprint density at radius 1 is 1.14 bits per heavy atom. The van der Waals surface area contributed by atoms with Gasteiger partial charge in [0.25, 0.3) is 0 Å². The third-order valence-electron chi connectivity index (χ3n) is 5.96. The topological polar surface area (TPSA) is 44.6 Å². The van der Waals surface area contributed by atoms with Crippen LogP contribution in [0.3, 0.4) is 0 Å². The molecule has 6 rings (SSSR count). The first kappa shape index (κ1) is 12.0. The highest BCUT2D eigenvalue weighted by atomic mass is 16.8. The van der Waals surface area contributed by atoms with Crippen LogP contribution in [0, 0.1) is 17.8 Å². The number of hydroxylamine groups is 2. The second-order valence-electron chi connectivity index (χ2n) is 7.37. The van der Waals surface area contributed by atoms with Crippen molar-refractivity contribution in [3.05, 3.63) is 35.9 Å². The lowest BCUT2D eigenvalue weighted by Gasteiger charge is -2.38. The number of hydrogen-bond acceptors (Lipinski definition) is 2. The van der Waals surface area contributed by atoms with Gasteiger partial charge in [0.1, 0.15) is 0 Å². The molecule has 110 valence electrons. The lowest BCUT2D eigenvalue weighted by Crippen LogP contribution is -2.51. The second kappa shape index (κ2) is 4.01. The molecule has 4 bridgehead atoms. The van der Waals surface area contributed by atoms with Gasteiger partial charge in [0.2, 0.25) is 6.23 Å². The Hall–Kier alpha value is -1.55. The van der Waals surface area contributed by atoms with Crippen molar-refractivity contribution in [3.63, 3.8) is 0 Å². The molecule has 3 atom stereocenters. The molecule has 1 aromatic carbocycles. The van der Waals surface area contributed by atoms with E-state index in [4.69, 9.17) is 4.84 Å². The van der Waals surface area contributed by atoms with Crippen LogP contribution in [0.1, 0.15) is 43.9 Å². The average Bonchev–Trinajstić information content (AvgIpc) is 3.18. The summed E-state index contributed by atoms with van der Waals surface area (Å²) in [4.78, 5) is 17.9. The molecule has 4 aliphatic carbocycles. The van der Waals surface area contributed by atoms with Gasteiger partial charge in [-0.05, 0) is 49.9 Å². The van der Waals surface area contributed by atoms with Crippen LogP contribution >= 0.6 is 0 Å². The Bertz CT molecular complexity index is 568. The molecule has 1 saturated heterocycles. The normalized spacial score (nSPS) is 42.4. The van der Waals surface area contributed by atoms with Gasteiger partial charge in [-0.3, -0.25) is 0 Å². The van der Waals surface area contributed by atoms with Crippen LogP contribution in [0.5, 0.6) is 0 Å². The Morgan fingerprint density at radius 3 is 2.52 bits per heavy atom. The van der Waals surface area contributed by atoms with Crippen molar-refractivity contribution in [2.45, 2.75) is 43.9 Å². The first-order chi connectivity index (χ1) is 10.2. The van der Waals surface area contributed by atoms with Crippen molar-refractivity contribution in [2.24, 2.45) is 17.8 Å². The zero-order valence-electron chi connectivity index (χ0n) is 12.0. The molecule has 1 aromatic rings. The van der Waals surface area contributed by atoms with Gasteiger partial charge < -0.3 is 5.32 Å². The van der Waals surface area contributed by atoms with Crippen molar-refractivity contribution < 1.29 is 9.63 Å². The summed E-state index contributed by atoms with van der Waals surface area (Å²) in [7, 11) is 0. The number of hydrogen-bond donors (Lipinski definition) is 1. The maximum absolute atomic E-state index is 12.5. The van der Waals surface area contributed by atoms with E-state index in [1.807, 2.05) is 30.3 Å². The summed E-state index contributed by atoms with van der Waals surface area (Å²) < 4.78 is 0. The minimum Gasteiger partial charge on any atom is -0.331 e. The Labute approximate surface area is 124 Å². The van der Waals surface area contributed by atoms with Crippen LogP contribution in [0.4, 0.5) is 4.79 Å². The first-order valence-corrected chi connectivity index (χ1v) is 8.06. The SMILES string of the molecule is O=C(NC12CC3CC(C1)C(C3)C2)N1OC1c1ccccc1. The molecular weight excluding hydrogens is 264 g/mol. The van der Waals surface area contributed by atoms with Crippen molar-refractivity contribution in [3.8, 4) is 0 Å². The molecule has 1 aliphatic heterocycles. The highest BCUT2D eigenvalue weighted by molar-refractivity contribution is 5.76. The number of rotatable bonds is 2. The van der Waals surface area contributed by atoms with E-state index in [1.165, 1.54) is 37.2 Å². The van der Waals surface area contributed by atoms with Gasteiger partial charge in [-0.25, -0.2) is 9.63 Å². The van der Waals surface area contributed by atoms with Gasteiger partial charge in [0.05, 0.1) is 0 Å². The average molecular weight is 284 g/mol. The summed E-state index contributed by atoms with van der Waals surface area (Å²) in [6.45, 7) is 0. The van der Waals surface area contributed by atoms with Crippen LogP contribution in [0.2, 0.25) is 0 Å². The molecule has 0 spiro atoms. The number of carbonyl (C=O) groups is 1. The minimum atomic E-state index is -0.196. The highest BCUT2D eigenvalue weighted by Gasteiger charge is 2.57. The standard InChI is InChI=1S/C17H20N2O2/c20-16(19-15(21-19)12-4-2-1-3-5-12)18-17-8-11-6-13(9-17)14(7-11)10-17/h1-5,11,13-15H,6-10H2,(H,18,20). The van der Waals surface area contributed by atoms with Crippen LogP contribution in [-0.2, 0) is 4.84 Å². The number of carbonyl (C=O) groups excluding carboxylic acids is 1. The van der Waals surface area contributed by atoms with E-state index in [1.54, 1.807) is 0 Å². The number of nitrogens with one attached hydrogen (secondary N) is 1. The number of amides is 2. The summed E-state index contributed by atoms with van der Waals surface area (Å²) in [6.07, 6.45) is 6.14. The van der Waals surface area contributed by atoms with E-state index in [-0.39, 0.29) is 17.8 Å². The molecule has 5 fully saturated rings. The predicted octanol–water partition coefficient (Wildman–Crippen LogP) is 3.22. The lowest BCUT2D eigenvalue weighted by atomic mass is 9.76. The second-order valence-corrected chi connectivity index (χ2v) is 7.37. The monoisotopic (exact) mass is 284 g/mol. The molecule has 4 heteroatoms. The van der Waals surface area contributed by atoms with Gasteiger partial charge in [-0.1, -0.05) is 30.3 Å². The number of nitrogens with zero attached hydrogens (tertiary/aromatic N) is 1. The molecule has 1 heterocycles. The van der Waals surface area contributed by atoms with Crippen LogP contribution in [-0.4, -0.2) is 16.6 Å². The van der Waals surface area contributed by atoms with E-state index < -0.39 is 0 Å². The van der Waals surface area contributed by atoms with Gasteiger partial charge in [0, 0.05) is 11.1 Å². The Kier molecular flexibility index (Phi) is 2.30. The maximum atomic E-state index is 12.5. The molecule has 3 unspecified atom stereocenters. The quantitative estimate of drug-likeness (QED) is 0.847. The van der Waals surface area contributed by atoms with Gasteiger partial charge >= 0.3 is 6.03 Å². The Balaban J connectivity index is 1.27. The van der Waals surface area contributed by atoms with Crippen LogP contribution in [0.15, 0.2) is 30.3 Å². The largest absolute Gasteiger partial charge is 0.344 e. The smallest absolute Gasteiger partial charge is 0.331 e. The summed E-state index contributed by atoms with van der Waals surface area (Å²) in [6, 6.07) is 9.87.